The Labute approximate surface area is 172 Å². The fourth-order valence-electron chi connectivity index (χ4n) is 4.01. The Kier molecular flexibility index (Phi) is 6.74. The van der Waals surface area contributed by atoms with Crippen LogP contribution in [0.25, 0.3) is 10.9 Å². The van der Waals surface area contributed by atoms with Gasteiger partial charge >= 0.3 is 5.97 Å². The molecule has 1 fully saturated rings. The summed E-state index contributed by atoms with van der Waals surface area (Å²) < 4.78 is 10.9. The average molecular weight is 488 g/mol. The molecule has 3 heterocycles. The second-order valence-electron chi connectivity index (χ2n) is 6.41. The number of nitrogens with one attached hydrogen (secondary N) is 1. The lowest BCUT2D eigenvalue weighted by atomic mass is 9.90. The number of ether oxygens (including phenoxy) is 2. The predicted molar refractivity (Wildman–Crippen MR) is 116 cm³/mol. The van der Waals surface area contributed by atoms with Gasteiger partial charge in [0, 0.05) is 34.8 Å². The number of rotatable bonds is 5. The summed E-state index contributed by atoms with van der Waals surface area (Å²) in [6.45, 7) is 2.34. The van der Waals surface area contributed by atoms with Gasteiger partial charge in [-0.05, 0) is 47.9 Å². The maximum absolute atomic E-state index is 12.7. The Morgan fingerprint density at radius 2 is 2.23 bits per heavy atom. The fourth-order valence-corrected chi connectivity index (χ4v) is 4.26. The number of H-pyrrole nitrogens is 1. The quantitative estimate of drug-likeness (QED) is 0.299. The van der Waals surface area contributed by atoms with Crippen LogP contribution in [0.3, 0.4) is 0 Å². The van der Waals surface area contributed by atoms with Crippen LogP contribution in [0.4, 0.5) is 0 Å². The zero-order valence-corrected chi connectivity index (χ0v) is 18.4. The molecule has 26 heavy (non-hydrogen) atoms. The molecule has 0 saturated carbocycles. The Bertz CT molecular complexity index is 779. The third-order valence-corrected chi connectivity index (χ3v) is 5.67. The number of methoxy groups -OCH3 is 1. The van der Waals surface area contributed by atoms with E-state index in [1.807, 2.05) is 23.3 Å². The Morgan fingerprint density at radius 3 is 2.96 bits per heavy atom. The molecule has 142 valence electrons. The molecule has 0 spiro atoms. The zero-order chi connectivity index (χ0) is 18.7. The van der Waals surface area contributed by atoms with Gasteiger partial charge in [-0.3, -0.25) is 4.90 Å². The van der Waals surface area contributed by atoms with Crippen molar-refractivity contribution in [2.24, 2.45) is 0 Å². The highest BCUT2D eigenvalue weighted by Crippen LogP contribution is 2.46. The van der Waals surface area contributed by atoms with E-state index < -0.39 is 0 Å². The molecule has 0 radical (unpaired) electrons. The van der Waals surface area contributed by atoms with E-state index in [-0.39, 0.29) is 12.0 Å². The Hall–Kier alpha value is -0.930. The predicted octanol–water partition coefficient (Wildman–Crippen LogP) is 3.98. The van der Waals surface area contributed by atoms with Gasteiger partial charge in [-0.25, -0.2) is 4.79 Å². The van der Waals surface area contributed by atoms with Gasteiger partial charge in [0.05, 0.1) is 7.11 Å². The van der Waals surface area contributed by atoms with Crippen LogP contribution in [-0.2, 0) is 9.53 Å². The second kappa shape index (κ2) is 8.84. The van der Waals surface area contributed by atoms with Gasteiger partial charge in [0.15, 0.2) is 0 Å². The van der Waals surface area contributed by atoms with Crippen molar-refractivity contribution in [3.8, 4) is 5.75 Å². The lowest BCUT2D eigenvalue weighted by molar-refractivity contribution is -0.149. The van der Waals surface area contributed by atoms with E-state index in [0.717, 1.165) is 42.2 Å². The molecule has 3 unspecified atom stereocenters. The number of esters is 1. The first kappa shape index (κ1) is 19.8. The van der Waals surface area contributed by atoms with Gasteiger partial charge in [-0.1, -0.05) is 22.6 Å². The molecule has 7 heteroatoms. The summed E-state index contributed by atoms with van der Waals surface area (Å²) in [4.78, 5) is 20.4. The molecule has 0 aliphatic carbocycles. The number of fused-ring (bicyclic) bond motifs is 6. The van der Waals surface area contributed by atoms with E-state index >= 15 is 0 Å². The third-order valence-electron chi connectivity index (χ3n) is 5.10. The monoisotopic (exact) mass is 488 g/mol. The topological polar surface area (TPSA) is 54.6 Å². The highest BCUT2D eigenvalue weighted by Gasteiger charge is 2.44. The molecule has 1 saturated heterocycles. The minimum atomic E-state index is -0.306. The second-order valence-corrected chi connectivity index (χ2v) is 7.39. The third kappa shape index (κ3) is 3.57. The van der Waals surface area contributed by atoms with Gasteiger partial charge in [-0.2, -0.15) is 11.8 Å². The lowest BCUT2D eigenvalue weighted by Gasteiger charge is -2.30. The van der Waals surface area contributed by atoms with E-state index in [1.165, 1.54) is 10.9 Å². The van der Waals surface area contributed by atoms with Crippen LogP contribution in [-0.4, -0.2) is 59.6 Å². The number of benzene rings is 1. The number of halogens is 1. The largest absolute Gasteiger partial charge is 0.497 e. The number of carbonyl (C=O) groups is 1. The number of carbonyl (C=O) groups excluding carboxylic acids is 1. The minimum Gasteiger partial charge on any atom is -0.497 e. The molecule has 0 amide bonds. The van der Waals surface area contributed by atoms with Crippen molar-refractivity contribution in [1.82, 2.24) is 9.88 Å². The number of nitrogens with zero attached hydrogens (tertiary/aromatic N) is 1. The van der Waals surface area contributed by atoms with Gasteiger partial charge in [0.2, 0.25) is 0 Å². The number of hydrogen-bond donors (Lipinski definition) is 1. The van der Waals surface area contributed by atoms with Gasteiger partial charge in [0.25, 0.3) is 0 Å². The van der Waals surface area contributed by atoms with Gasteiger partial charge < -0.3 is 14.5 Å². The van der Waals surface area contributed by atoms with Crippen LogP contribution in [0.2, 0.25) is 0 Å². The molecule has 2 bridgehead atoms. The normalized spacial score (nSPS) is 23.2. The summed E-state index contributed by atoms with van der Waals surface area (Å²) in [6.07, 6.45) is 3.11. The molecule has 1 aromatic heterocycles. The number of alkyl halides is 1. The molecule has 1 aromatic carbocycles. The Morgan fingerprint density at radius 1 is 1.42 bits per heavy atom. The SMILES string of the molecule is CI.COc1ccc2[nH]c3c(c2c1)C1CCN(C1)C3C(=O)OCCSC. The number of aromatic nitrogens is 1. The maximum Gasteiger partial charge on any atom is 0.329 e. The van der Waals surface area contributed by atoms with Crippen LogP contribution in [0, 0.1) is 0 Å². The summed E-state index contributed by atoms with van der Waals surface area (Å²) >= 11 is 3.84. The van der Waals surface area contributed by atoms with Gasteiger partial charge in [0.1, 0.15) is 18.4 Å². The van der Waals surface area contributed by atoms with Crippen LogP contribution in [0.1, 0.15) is 29.6 Å². The lowest BCUT2D eigenvalue weighted by Crippen LogP contribution is -2.37. The summed E-state index contributed by atoms with van der Waals surface area (Å²) in [7, 11) is 1.68. The summed E-state index contributed by atoms with van der Waals surface area (Å²) in [6, 6.07) is 5.76. The van der Waals surface area contributed by atoms with Crippen molar-refractivity contribution in [3.63, 3.8) is 0 Å². The number of thioether (sulfide) groups is 1. The standard InChI is InChI=1S/C18H22N2O3S.CH3I/c1-22-12-3-4-14-13(9-12)15-11-5-6-20(10-11)17(16(15)19-14)18(21)23-7-8-24-2;1-2/h3-4,9,11,17,19H,5-8,10H2,1-2H3;1H3. The molecule has 2 aliphatic heterocycles. The van der Waals surface area contributed by atoms with Crippen LogP contribution >= 0.6 is 34.4 Å². The van der Waals surface area contributed by atoms with Crippen molar-refractivity contribution < 1.29 is 14.3 Å². The first-order valence-corrected chi connectivity index (χ1v) is 12.2. The molecule has 5 nitrogen and oxygen atoms in total. The summed E-state index contributed by atoms with van der Waals surface area (Å²) in [5.74, 6) is 2.03. The van der Waals surface area contributed by atoms with Crippen LogP contribution < -0.4 is 4.74 Å². The van der Waals surface area contributed by atoms with Crippen molar-refractivity contribution >= 4 is 51.2 Å². The maximum atomic E-state index is 12.7. The fraction of sp³-hybridized carbons (Fsp3) is 0.526. The Balaban J connectivity index is 0.000000948. The van der Waals surface area contributed by atoms with E-state index in [1.54, 1.807) is 18.9 Å². The van der Waals surface area contributed by atoms with Crippen LogP contribution in [0.5, 0.6) is 5.75 Å². The van der Waals surface area contributed by atoms with Crippen LogP contribution in [0.15, 0.2) is 18.2 Å². The molecule has 1 N–H and O–H groups in total. The number of aromatic amines is 1. The summed E-state index contributed by atoms with van der Waals surface area (Å²) in [5, 5.41) is 1.18. The minimum absolute atomic E-state index is 0.135. The molecular weight excluding hydrogens is 463 g/mol. The molecule has 2 aliphatic rings. The molecular formula is C19H25IN2O3S. The zero-order valence-electron chi connectivity index (χ0n) is 15.4. The van der Waals surface area contributed by atoms with Crippen molar-refractivity contribution in [2.45, 2.75) is 18.4 Å². The van der Waals surface area contributed by atoms with E-state index in [4.69, 9.17) is 9.47 Å². The van der Waals surface area contributed by atoms with Crippen molar-refractivity contribution in [3.05, 3.63) is 29.5 Å². The van der Waals surface area contributed by atoms with E-state index in [2.05, 4.69) is 38.5 Å². The van der Waals surface area contributed by atoms with E-state index in [9.17, 15) is 4.79 Å². The summed E-state index contributed by atoms with van der Waals surface area (Å²) in [5.41, 5.74) is 3.36. The number of hydrogen-bond acceptors (Lipinski definition) is 5. The first-order chi connectivity index (χ1) is 12.7. The molecule has 2 aromatic rings. The highest BCUT2D eigenvalue weighted by atomic mass is 127. The van der Waals surface area contributed by atoms with Crippen molar-refractivity contribution in [2.75, 3.05) is 43.7 Å². The van der Waals surface area contributed by atoms with Crippen molar-refractivity contribution in [1.29, 1.82) is 0 Å². The first-order valence-electron chi connectivity index (χ1n) is 8.70. The van der Waals surface area contributed by atoms with E-state index in [0.29, 0.717) is 12.5 Å². The average Bonchev–Trinajstić information content (AvgIpc) is 3.25. The molecule has 3 atom stereocenters. The molecule has 4 rings (SSSR count). The van der Waals surface area contributed by atoms with Gasteiger partial charge in [-0.15, -0.1) is 0 Å². The highest BCUT2D eigenvalue weighted by molar-refractivity contribution is 14.1. The smallest absolute Gasteiger partial charge is 0.329 e.